The Balaban J connectivity index is 1.89. The summed E-state index contributed by atoms with van der Waals surface area (Å²) < 4.78 is 24.9. The Morgan fingerprint density at radius 3 is 2.65 bits per heavy atom. The van der Waals surface area contributed by atoms with Crippen molar-refractivity contribution < 1.29 is 18.4 Å². The molecule has 0 aliphatic carbocycles. The molecule has 7 heteroatoms. The second kappa shape index (κ2) is 7.74. The molecule has 0 saturated heterocycles. The van der Waals surface area contributed by atoms with Gasteiger partial charge < -0.3 is 14.2 Å². The van der Waals surface area contributed by atoms with Gasteiger partial charge in [0.25, 0.3) is 5.91 Å². The Bertz CT molecular complexity index is 938. The molecule has 1 aromatic heterocycles. The summed E-state index contributed by atoms with van der Waals surface area (Å²) in [5.74, 6) is -0.212. The molecule has 0 unspecified atom stereocenters. The van der Waals surface area contributed by atoms with Crippen molar-refractivity contribution in [3.8, 4) is 17.0 Å². The first-order valence-corrected chi connectivity index (χ1v) is 8.68. The maximum absolute atomic E-state index is 14.0. The lowest BCUT2D eigenvalue weighted by atomic mass is 10.1. The van der Waals surface area contributed by atoms with Crippen LogP contribution in [0.15, 0.2) is 40.9 Å². The van der Waals surface area contributed by atoms with Gasteiger partial charge >= 0.3 is 0 Å². The molecule has 26 heavy (non-hydrogen) atoms. The van der Waals surface area contributed by atoms with Gasteiger partial charge in [0.15, 0.2) is 12.2 Å². The number of rotatable bonds is 6. The first kappa shape index (κ1) is 18.2. The lowest BCUT2D eigenvalue weighted by Gasteiger charge is -2.18. The van der Waals surface area contributed by atoms with Crippen molar-refractivity contribution in [3.63, 3.8) is 0 Å². The third kappa shape index (κ3) is 3.37. The molecule has 0 atom stereocenters. The Hall–Kier alpha value is -2.60. The zero-order valence-electron chi connectivity index (χ0n) is 14.5. The zero-order chi connectivity index (χ0) is 18.7. The van der Waals surface area contributed by atoms with Crippen LogP contribution >= 0.6 is 11.6 Å². The summed E-state index contributed by atoms with van der Waals surface area (Å²) in [6.07, 6.45) is 0. The van der Waals surface area contributed by atoms with E-state index in [1.54, 1.807) is 35.2 Å². The van der Waals surface area contributed by atoms with Gasteiger partial charge in [0.05, 0.1) is 5.39 Å². The fourth-order valence-electron chi connectivity index (χ4n) is 2.72. The molecule has 0 fully saturated rings. The molecule has 0 bridgehead atoms. The fourth-order valence-corrected chi connectivity index (χ4v) is 2.97. The molecule has 2 aromatic carbocycles. The number of fused-ring (bicyclic) bond motifs is 1. The molecule has 0 aliphatic heterocycles. The highest BCUT2D eigenvalue weighted by atomic mass is 35.5. The van der Waals surface area contributed by atoms with Crippen molar-refractivity contribution in [3.05, 3.63) is 47.2 Å². The van der Waals surface area contributed by atoms with Crippen molar-refractivity contribution in [2.75, 3.05) is 19.7 Å². The van der Waals surface area contributed by atoms with Crippen LogP contribution in [0.4, 0.5) is 4.39 Å². The molecule has 0 saturated carbocycles. The molecule has 0 N–H and O–H groups in total. The van der Waals surface area contributed by atoms with E-state index in [4.69, 9.17) is 20.9 Å². The SMILES string of the molecule is CCN(CC)C(=O)COc1ccc2c(-c3ccccc3F)noc2c1Cl. The highest BCUT2D eigenvalue weighted by Gasteiger charge is 2.19. The van der Waals surface area contributed by atoms with Gasteiger partial charge in [0.2, 0.25) is 0 Å². The van der Waals surface area contributed by atoms with Crippen LogP contribution in [0.2, 0.25) is 5.02 Å². The third-order valence-electron chi connectivity index (χ3n) is 4.14. The Morgan fingerprint density at radius 2 is 1.96 bits per heavy atom. The predicted octanol–water partition coefficient (Wildman–Crippen LogP) is 4.53. The van der Waals surface area contributed by atoms with Gasteiger partial charge in [-0.2, -0.15) is 0 Å². The second-order valence-corrected chi connectivity index (χ2v) is 6.00. The zero-order valence-corrected chi connectivity index (χ0v) is 15.2. The summed E-state index contributed by atoms with van der Waals surface area (Å²) in [5, 5.41) is 4.72. The van der Waals surface area contributed by atoms with Crippen molar-refractivity contribution in [2.24, 2.45) is 0 Å². The van der Waals surface area contributed by atoms with Crippen molar-refractivity contribution >= 4 is 28.5 Å². The molecule has 0 spiro atoms. The standard InChI is InChI=1S/C19H18ClFN2O3/c1-3-23(4-2)16(24)11-25-15-10-9-13-18(22-26-19(13)17(15)20)12-7-5-6-8-14(12)21/h5-10H,3-4,11H2,1-2H3. The van der Waals surface area contributed by atoms with E-state index in [2.05, 4.69) is 5.16 Å². The molecule has 5 nitrogen and oxygen atoms in total. The van der Waals surface area contributed by atoms with Crippen molar-refractivity contribution in [1.82, 2.24) is 10.1 Å². The molecule has 0 aliphatic rings. The molecule has 0 radical (unpaired) electrons. The summed E-state index contributed by atoms with van der Waals surface area (Å²) in [5.41, 5.74) is 0.983. The van der Waals surface area contributed by atoms with Gasteiger partial charge in [-0.1, -0.05) is 28.9 Å². The third-order valence-corrected chi connectivity index (χ3v) is 4.50. The van der Waals surface area contributed by atoms with Crippen LogP contribution in [-0.2, 0) is 4.79 Å². The van der Waals surface area contributed by atoms with Gasteiger partial charge in [-0.05, 0) is 38.1 Å². The smallest absolute Gasteiger partial charge is 0.260 e. The van der Waals surface area contributed by atoms with Crippen LogP contribution in [-0.4, -0.2) is 35.7 Å². The monoisotopic (exact) mass is 376 g/mol. The Labute approximate surface area is 155 Å². The largest absolute Gasteiger partial charge is 0.482 e. The quantitative estimate of drug-likeness (QED) is 0.634. The van der Waals surface area contributed by atoms with Crippen LogP contribution in [0.1, 0.15) is 13.8 Å². The minimum Gasteiger partial charge on any atom is -0.482 e. The van der Waals surface area contributed by atoms with Crippen LogP contribution in [0, 0.1) is 5.82 Å². The fraction of sp³-hybridized carbons (Fsp3) is 0.263. The minimum atomic E-state index is -0.399. The number of carbonyl (C=O) groups excluding carboxylic acids is 1. The number of hydrogen-bond acceptors (Lipinski definition) is 4. The van der Waals surface area contributed by atoms with E-state index in [0.29, 0.717) is 35.5 Å². The number of nitrogens with zero attached hydrogens (tertiary/aromatic N) is 2. The summed E-state index contributed by atoms with van der Waals surface area (Å²) in [6.45, 7) is 4.90. The van der Waals surface area contributed by atoms with Crippen LogP contribution in [0.3, 0.4) is 0 Å². The molecular weight excluding hydrogens is 359 g/mol. The number of hydrogen-bond donors (Lipinski definition) is 0. The van der Waals surface area contributed by atoms with E-state index >= 15 is 0 Å². The number of halogens is 2. The van der Waals surface area contributed by atoms with Crippen LogP contribution in [0.5, 0.6) is 5.75 Å². The topological polar surface area (TPSA) is 55.6 Å². The molecule has 136 valence electrons. The molecule has 1 heterocycles. The molecule has 3 rings (SSSR count). The van der Waals surface area contributed by atoms with E-state index in [0.717, 1.165) is 0 Å². The summed E-state index contributed by atoms with van der Waals surface area (Å²) >= 11 is 6.34. The van der Waals surface area contributed by atoms with Crippen molar-refractivity contribution in [1.29, 1.82) is 0 Å². The highest BCUT2D eigenvalue weighted by Crippen LogP contribution is 2.38. The maximum atomic E-state index is 14.0. The van der Waals surface area contributed by atoms with Gasteiger partial charge in [0.1, 0.15) is 22.3 Å². The number of carbonyl (C=O) groups is 1. The predicted molar refractivity (Wildman–Crippen MR) is 97.8 cm³/mol. The van der Waals surface area contributed by atoms with Gasteiger partial charge in [0, 0.05) is 18.7 Å². The summed E-state index contributed by atoms with van der Waals surface area (Å²) in [4.78, 5) is 13.7. The number of aromatic nitrogens is 1. The van der Waals surface area contributed by atoms with E-state index in [9.17, 15) is 9.18 Å². The lowest BCUT2D eigenvalue weighted by molar-refractivity contribution is -0.132. The van der Waals surface area contributed by atoms with E-state index in [1.807, 2.05) is 13.8 Å². The second-order valence-electron chi connectivity index (χ2n) is 5.62. The summed E-state index contributed by atoms with van der Waals surface area (Å²) in [7, 11) is 0. The summed E-state index contributed by atoms with van der Waals surface area (Å²) in [6, 6.07) is 9.61. The average Bonchev–Trinajstić information content (AvgIpc) is 3.07. The normalized spacial score (nSPS) is 10.9. The van der Waals surface area contributed by atoms with E-state index in [-0.39, 0.29) is 23.1 Å². The first-order valence-electron chi connectivity index (χ1n) is 8.30. The number of ether oxygens (including phenoxy) is 1. The molecular formula is C19H18ClFN2O3. The lowest BCUT2D eigenvalue weighted by Crippen LogP contribution is -2.34. The number of likely N-dealkylation sites (N-methyl/N-ethyl adjacent to an activating group) is 1. The average molecular weight is 377 g/mol. The Kier molecular flexibility index (Phi) is 5.42. The number of amides is 1. The van der Waals surface area contributed by atoms with E-state index < -0.39 is 5.82 Å². The van der Waals surface area contributed by atoms with E-state index in [1.165, 1.54) is 6.07 Å². The molecule has 3 aromatic rings. The molecule has 1 amide bonds. The van der Waals surface area contributed by atoms with Crippen LogP contribution in [0.25, 0.3) is 22.2 Å². The number of benzene rings is 2. The minimum absolute atomic E-state index is 0.124. The van der Waals surface area contributed by atoms with Gasteiger partial charge in [-0.3, -0.25) is 4.79 Å². The highest BCUT2D eigenvalue weighted by molar-refractivity contribution is 6.36. The van der Waals surface area contributed by atoms with Gasteiger partial charge in [-0.15, -0.1) is 0 Å². The first-order chi connectivity index (χ1) is 12.6. The Morgan fingerprint density at radius 1 is 1.23 bits per heavy atom. The van der Waals surface area contributed by atoms with Crippen LogP contribution < -0.4 is 4.74 Å². The maximum Gasteiger partial charge on any atom is 0.260 e. The van der Waals surface area contributed by atoms with Crippen molar-refractivity contribution in [2.45, 2.75) is 13.8 Å². The van der Waals surface area contributed by atoms with Gasteiger partial charge in [-0.25, -0.2) is 4.39 Å².